The van der Waals surface area contributed by atoms with Gasteiger partial charge in [-0.25, -0.2) is 9.59 Å². The quantitative estimate of drug-likeness (QED) is 0.864. The monoisotopic (exact) mass is 302 g/mol. The van der Waals surface area contributed by atoms with Gasteiger partial charge in [0, 0.05) is 6.54 Å². The number of likely N-dealkylation sites (N-methyl/N-ethyl adjacent to an activating group) is 1. The van der Waals surface area contributed by atoms with Crippen molar-refractivity contribution in [2.24, 2.45) is 0 Å². The van der Waals surface area contributed by atoms with Crippen LogP contribution in [-0.4, -0.2) is 36.7 Å². The molecule has 2 aliphatic rings. The molecule has 1 atom stereocenters. The topological polar surface area (TPSA) is 67.9 Å². The third-order valence-electron chi connectivity index (χ3n) is 3.84. The van der Waals surface area contributed by atoms with Gasteiger partial charge in [-0.15, -0.1) is 0 Å². The van der Waals surface area contributed by atoms with Crippen molar-refractivity contribution in [1.29, 1.82) is 0 Å². The van der Waals surface area contributed by atoms with E-state index < -0.39 is 6.04 Å². The number of benzene rings is 1. The zero-order valence-electron chi connectivity index (χ0n) is 12.6. The minimum Gasteiger partial charge on any atom is -0.494 e. The van der Waals surface area contributed by atoms with Gasteiger partial charge >= 0.3 is 12.0 Å². The number of amides is 2. The second-order valence-corrected chi connectivity index (χ2v) is 5.07. The molecule has 0 aliphatic carbocycles. The predicted octanol–water partition coefficient (Wildman–Crippen LogP) is 1.98. The fourth-order valence-electron chi connectivity index (χ4n) is 2.82. The molecule has 3 rings (SSSR count). The first kappa shape index (κ1) is 14.4. The van der Waals surface area contributed by atoms with Gasteiger partial charge in [0.25, 0.3) is 0 Å². The fourth-order valence-corrected chi connectivity index (χ4v) is 2.82. The van der Waals surface area contributed by atoms with E-state index in [9.17, 15) is 9.59 Å². The number of carbonyl (C=O) groups is 2. The minimum absolute atomic E-state index is 0.156. The summed E-state index contributed by atoms with van der Waals surface area (Å²) in [5.41, 5.74) is 2.01. The zero-order chi connectivity index (χ0) is 15.7. The normalized spacial score (nSPS) is 20.6. The van der Waals surface area contributed by atoms with Crippen molar-refractivity contribution in [2.45, 2.75) is 19.9 Å². The van der Waals surface area contributed by atoms with Crippen molar-refractivity contribution in [3.63, 3.8) is 0 Å². The van der Waals surface area contributed by atoms with Crippen molar-refractivity contribution < 1.29 is 19.1 Å². The van der Waals surface area contributed by atoms with E-state index in [2.05, 4.69) is 5.32 Å². The van der Waals surface area contributed by atoms with Crippen molar-refractivity contribution in [1.82, 2.24) is 10.2 Å². The fraction of sp³-hybridized carbons (Fsp3) is 0.375. The Morgan fingerprint density at radius 2 is 2.00 bits per heavy atom. The van der Waals surface area contributed by atoms with E-state index in [1.54, 1.807) is 4.90 Å². The van der Waals surface area contributed by atoms with Crippen LogP contribution in [0.25, 0.3) is 0 Å². The molecule has 1 aromatic carbocycles. The summed E-state index contributed by atoms with van der Waals surface area (Å²) in [7, 11) is 0. The van der Waals surface area contributed by atoms with Gasteiger partial charge in [-0.2, -0.15) is 0 Å². The number of cyclic esters (lactones) is 1. The summed E-state index contributed by atoms with van der Waals surface area (Å²) >= 11 is 0. The predicted molar refractivity (Wildman–Crippen MR) is 79.2 cm³/mol. The second kappa shape index (κ2) is 5.71. The third-order valence-corrected chi connectivity index (χ3v) is 3.84. The highest BCUT2D eigenvalue weighted by Crippen LogP contribution is 2.35. The molecule has 1 N–H and O–H groups in total. The highest BCUT2D eigenvalue weighted by Gasteiger charge is 2.41. The van der Waals surface area contributed by atoms with Crippen LogP contribution in [0.3, 0.4) is 0 Å². The number of nitrogens with zero attached hydrogens (tertiary/aromatic N) is 1. The average molecular weight is 302 g/mol. The molecule has 2 amide bonds. The van der Waals surface area contributed by atoms with E-state index in [1.807, 2.05) is 38.1 Å². The van der Waals surface area contributed by atoms with Crippen LogP contribution in [0.5, 0.6) is 5.75 Å². The molecule has 2 aliphatic heterocycles. The van der Waals surface area contributed by atoms with E-state index in [0.717, 1.165) is 11.3 Å². The minimum atomic E-state index is -0.476. The third kappa shape index (κ3) is 2.30. The summed E-state index contributed by atoms with van der Waals surface area (Å²) in [6.45, 7) is 5.03. The van der Waals surface area contributed by atoms with Crippen molar-refractivity contribution in [3.8, 4) is 5.75 Å². The molecule has 0 saturated carbocycles. The zero-order valence-corrected chi connectivity index (χ0v) is 12.6. The summed E-state index contributed by atoms with van der Waals surface area (Å²) < 4.78 is 10.5. The highest BCUT2D eigenvalue weighted by molar-refractivity contribution is 5.97. The van der Waals surface area contributed by atoms with Gasteiger partial charge in [-0.3, -0.25) is 4.90 Å². The lowest BCUT2D eigenvalue weighted by Gasteiger charge is -2.32. The Morgan fingerprint density at radius 1 is 1.27 bits per heavy atom. The molecule has 1 aromatic rings. The SMILES string of the molecule is CCOc1ccc(C2NC(=O)N(CC)C3=C2C(=O)OC3)cc1. The summed E-state index contributed by atoms with van der Waals surface area (Å²) in [6, 6.07) is 6.69. The van der Waals surface area contributed by atoms with Gasteiger partial charge in [0.05, 0.1) is 23.9 Å². The highest BCUT2D eigenvalue weighted by atomic mass is 16.5. The van der Waals surface area contributed by atoms with Gasteiger partial charge in [-0.05, 0) is 31.5 Å². The lowest BCUT2D eigenvalue weighted by molar-refractivity contribution is -0.136. The number of hydrogen-bond donors (Lipinski definition) is 1. The number of rotatable bonds is 4. The van der Waals surface area contributed by atoms with E-state index in [-0.39, 0.29) is 18.6 Å². The largest absolute Gasteiger partial charge is 0.494 e. The number of ether oxygens (including phenoxy) is 2. The average Bonchev–Trinajstić information content (AvgIpc) is 2.90. The molecule has 116 valence electrons. The van der Waals surface area contributed by atoms with Crippen LogP contribution in [0.15, 0.2) is 35.5 Å². The Kier molecular flexibility index (Phi) is 3.75. The van der Waals surface area contributed by atoms with Crippen LogP contribution in [0.2, 0.25) is 0 Å². The number of urea groups is 1. The first-order chi connectivity index (χ1) is 10.7. The summed E-state index contributed by atoms with van der Waals surface area (Å²) in [4.78, 5) is 25.8. The molecule has 6 heteroatoms. The lowest BCUT2D eigenvalue weighted by atomic mass is 9.95. The maximum absolute atomic E-state index is 12.2. The first-order valence-corrected chi connectivity index (χ1v) is 7.36. The molecule has 0 radical (unpaired) electrons. The summed E-state index contributed by atoms with van der Waals surface area (Å²) in [5.74, 6) is 0.388. The lowest BCUT2D eigenvalue weighted by Crippen LogP contribution is -2.47. The van der Waals surface area contributed by atoms with Crippen LogP contribution in [0, 0.1) is 0 Å². The second-order valence-electron chi connectivity index (χ2n) is 5.07. The van der Waals surface area contributed by atoms with Gasteiger partial charge in [0.15, 0.2) is 0 Å². The molecule has 0 fully saturated rings. The summed E-state index contributed by atoms with van der Waals surface area (Å²) in [6.07, 6.45) is 0. The number of hydrogen-bond acceptors (Lipinski definition) is 4. The van der Waals surface area contributed by atoms with E-state index in [0.29, 0.717) is 24.4 Å². The Hall–Kier alpha value is -2.50. The van der Waals surface area contributed by atoms with Gasteiger partial charge < -0.3 is 14.8 Å². The van der Waals surface area contributed by atoms with Crippen molar-refractivity contribution in [2.75, 3.05) is 19.8 Å². The number of carbonyl (C=O) groups excluding carboxylic acids is 2. The maximum Gasteiger partial charge on any atom is 0.338 e. The van der Waals surface area contributed by atoms with Crippen LogP contribution in [0.4, 0.5) is 4.79 Å². The standard InChI is InChI=1S/C16H18N2O4/c1-3-18-12-9-22-15(19)13(12)14(17-16(18)20)10-5-7-11(8-6-10)21-4-2/h5-8,14H,3-4,9H2,1-2H3,(H,17,20). The Bertz CT molecular complexity index is 636. The summed E-state index contributed by atoms with van der Waals surface area (Å²) in [5, 5.41) is 2.87. The molecule has 1 unspecified atom stereocenters. The van der Waals surface area contributed by atoms with E-state index >= 15 is 0 Å². The Balaban J connectivity index is 1.97. The first-order valence-electron chi connectivity index (χ1n) is 7.36. The molecule has 0 bridgehead atoms. The molecular weight excluding hydrogens is 284 g/mol. The molecule has 0 aromatic heterocycles. The van der Waals surface area contributed by atoms with Gasteiger partial charge in [0.2, 0.25) is 0 Å². The molecular formula is C16H18N2O4. The smallest absolute Gasteiger partial charge is 0.338 e. The molecule has 0 saturated heterocycles. The number of nitrogens with one attached hydrogen (secondary N) is 1. The Labute approximate surface area is 128 Å². The molecule has 6 nitrogen and oxygen atoms in total. The van der Waals surface area contributed by atoms with E-state index in [4.69, 9.17) is 9.47 Å². The van der Waals surface area contributed by atoms with Crippen LogP contribution >= 0.6 is 0 Å². The molecule has 22 heavy (non-hydrogen) atoms. The van der Waals surface area contributed by atoms with E-state index in [1.165, 1.54) is 0 Å². The van der Waals surface area contributed by atoms with Gasteiger partial charge in [-0.1, -0.05) is 12.1 Å². The number of esters is 1. The van der Waals surface area contributed by atoms with Crippen LogP contribution in [-0.2, 0) is 9.53 Å². The molecule has 0 spiro atoms. The molecule has 2 heterocycles. The van der Waals surface area contributed by atoms with Crippen molar-refractivity contribution in [3.05, 3.63) is 41.1 Å². The van der Waals surface area contributed by atoms with Crippen molar-refractivity contribution >= 4 is 12.0 Å². The Morgan fingerprint density at radius 3 is 2.64 bits per heavy atom. The van der Waals surface area contributed by atoms with Crippen LogP contribution < -0.4 is 10.1 Å². The maximum atomic E-state index is 12.2. The van der Waals surface area contributed by atoms with Crippen LogP contribution in [0.1, 0.15) is 25.5 Å². The van der Waals surface area contributed by atoms with Gasteiger partial charge in [0.1, 0.15) is 12.4 Å².